The zero-order valence-corrected chi connectivity index (χ0v) is 15.3. The average Bonchev–Trinajstić information content (AvgIpc) is 3.02. The maximum atomic E-state index is 12.6. The van der Waals surface area contributed by atoms with Gasteiger partial charge in [-0.15, -0.1) is 0 Å². The van der Waals surface area contributed by atoms with Crippen LogP contribution >= 0.6 is 0 Å². The number of likely N-dealkylation sites (tertiary alicyclic amines) is 1. The summed E-state index contributed by atoms with van der Waals surface area (Å²) in [5.74, 6) is 0.516. The van der Waals surface area contributed by atoms with Crippen LogP contribution in [-0.2, 0) is 0 Å². The first kappa shape index (κ1) is 17.5. The van der Waals surface area contributed by atoms with Crippen molar-refractivity contribution < 1.29 is 4.79 Å². The topological polar surface area (TPSA) is 63.1 Å². The molecule has 2 aromatic heterocycles. The van der Waals surface area contributed by atoms with Crippen molar-refractivity contribution in [2.45, 2.75) is 52.0 Å². The van der Waals surface area contributed by atoms with E-state index >= 15 is 0 Å². The molecule has 1 N–H and O–H groups in total. The van der Waals surface area contributed by atoms with Gasteiger partial charge in [0, 0.05) is 31.5 Å². The fourth-order valence-corrected chi connectivity index (χ4v) is 3.41. The Labute approximate surface area is 149 Å². The molecule has 0 spiro atoms. The van der Waals surface area contributed by atoms with Crippen molar-refractivity contribution in [2.75, 3.05) is 18.4 Å². The van der Waals surface area contributed by atoms with Crippen molar-refractivity contribution in [3.63, 3.8) is 0 Å². The predicted molar refractivity (Wildman–Crippen MR) is 98.8 cm³/mol. The Hall–Kier alpha value is -2.37. The highest BCUT2D eigenvalue weighted by molar-refractivity contribution is 5.89. The number of pyridine rings is 1. The summed E-state index contributed by atoms with van der Waals surface area (Å²) in [4.78, 5) is 18.6. The van der Waals surface area contributed by atoms with E-state index in [9.17, 15) is 4.79 Å². The number of aromatic nitrogens is 3. The normalized spacial score (nSPS) is 16.7. The van der Waals surface area contributed by atoms with E-state index < -0.39 is 0 Å². The third kappa shape index (κ3) is 3.83. The van der Waals surface area contributed by atoms with Crippen LogP contribution in [0.15, 0.2) is 30.7 Å². The van der Waals surface area contributed by atoms with Gasteiger partial charge >= 0.3 is 6.03 Å². The third-order valence-electron chi connectivity index (χ3n) is 5.25. The number of nitrogens with zero attached hydrogens (tertiary/aromatic N) is 4. The molecule has 1 atom stereocenters. The molecular weight excluding hydrogens is 314 g/mol. The summed E-state index contributed by atoms with van der Waals surface area (Å²) in [6, 6.07) is 4.46. The number of anilines is 1. The van der Waals surface area contributed by atoms with Crippen LogP contribution in [0.3, 0.4) is 0 Å². The molecular formula is C19H27N5O. The first-order chi connectivity index (χ1) is 12.1. The number of carbonyl (C=O) groups excluding carboxylic acids is 1. The third-order valence-corrected chi connectivity index (χ3v) is 5.25. The molecule has 0 saturated carbocycles. The summed E-state index contributed by atoms with van der Waals surface area (Å²) in [6.45, 7) is 7.83. The monoisotopic (exact) mass is 341 g/mol. The van der Waals surface area contributed by atoms with E-state index in [0.29, 0.717) is 12.0 Å². The maximum absolute atomic E-state index is 12.6. The zero-order valence-electron chi connectivity index (χ0n) is 15.3. The van der Waals surface area contributed by atoms with Crippen LogP contribution < -0.4 is 5.32 Å². The van der Waals surface area contributed by atoms with Crippen molar-refractivity contribution in [1.29, 1.82) is 0 Å². The molecule has 1 unspecified atom stereocenters. The highest BCUT2D eigenvalue weighted by atomic mass is 16.2. The van der Waals surface area contributed by atoms with Crippen LogP contribution in [0.5, 0.6) is 0 Å². The number of nitrogens with one attached hydrogen (secondary N) is 1. The summed E-state index contributed by atoms with van der Waals surface area (Å²) in [6.07, 6.45) is 8.42. The first-order valence-corrected chi connectivity index (χ1v) is 9.10. The lowest BCUT2D eigenvalue weighted by atomic mass is 9.90. The van der Waals surface area contributed by atoms with E-state index in [1.54, 1.807) is 6.20 Å². The molecule has 1 saturated heterocycles. The van der Waals surface area contributed by atoms with Gasteiger partial charge in [0.25, 0.3) is 0 Å². The van der Waals surface area contributed by atoms with E-state index in [1.165, 1.54) is 5.56 Å². The van der Waals surface area contributed by atoms with E-state index in [1.807, 2.05) is 28.9 Å². The Balaban J connectivity index is 1.57. The molecule has 2 amide bonds. The highest BCUT2D eigenvalue weighted by Crippen LogP contribution is 2.28. The van der Waals surface area contributed by atoms with Crippen LogP contribution in [0.2, 0.25) is 0 Å². The molecule has 6 nitrogen and oxygen atoms in total. The maximum Gasteiger partial charge on any atom is 0.321 e. The number of carbonyl (C=O) groups is 1. The predicted octanol–water partition coefficient (Wildman–Crippen LogP) is 3.97. The molecule has 0 aliphatic carbocycles. The summed E-state index contributed by atoms with van der Waals surface area (Å²) >= 11 is 0. The minimum Gasteiger partial charge on any atom is -0.324 e. The fourth-order valence-electron chi connectivity index (χ4n) is 3.41. The first-order valence-electron chi connectivity index (χ1n) is 9.10. The lowest BCUT2D eigenvalue weighted by Crippen LogP contribution is -2.40. The molecule has 1 fully saturated rings. The molecule has 3 rings (SSSR count). The average molecular weight is 341 g/mol. The molecule has 1 aliphatic rings. The van der Waals surface area contributed by atoms with Gasteiger partial charge < -0.3 is 10.2 Å². The second-order valence-electron chi connectivity index (χ2n) is 6.82. The van der Waals surface area contributed by atoms with Gasteiger partial charge in [0.05, 0.1) is 17.6 Å². The smallest absolute Gasteiger partial charge is 0.321 e. The van der Waals surface area contributed by atoms with Crippen LogP contribution in [0, 0.1) is 6.92 Å². The van der Waals surface area contributed by atoms with E-state index in [2.05, 4.69) is 41.4 Å². The number of urea groups is 1. The number of rotatable bonds is 4. The van der Waals surface area contributed by atoms with Crippen LogP contribution in [-0.4, -0.2) is 38.8 Å². The van der Waals surface area contributed by atoms with Gasteiger partial charge in [0.15, 0.2) is 0 Å². The molecule has 3 heterocycles. The Morgan fingerprint density at radius 3 is 2.64 bits per heavy atom. The van der Waals surface area contributed by atoms with E-state index in [-0.39, 0.29) is 6.03 Å². The van der Waals surface area contributed by atoms with Crippen molar-refractivity contribution in [1.82, 2.24) is 19.7 Å². The Kier molecular flexibility index (Phi) is 5.36. The second-order valence-corrected chi connectivity index (χ2v) is 6.82. The number of hydrogen-bond acceptors (Lipinski definition) is 3. The van der Waals surface area contributed by atoms with E-state index in [0.717, 1.165) is 43.7 Å². The molecule has 25 heavy (non-hydrogen) atoms. The lowest BCUT2D eigenvalue weighted by molar-refractivity contribution is 0.194. The van der Waals surface area contributed by atoms with Crippen LogP contribution in [0.1, 0.15) is 56.3 Å². The van der Waals surface area contributed by atoms with Crippen LogP contribution in [0.25, 0.3) is 0 Å². The van der Waals surface area contributed by atoms with Crippen LogP contribution in [0.4, 0.5) is 10.5 Å². The molecule has 6 heteroatoms. The van der Waals surface area contributed by atoms with Gasteiger partial charge in [0.2, 0.25) is 0 Å². The largest absolute Gasteiger partial charge is 0.324 e. The van der Waals surface area contributed by atoms with Crippen molar-refractivity contribution >= 4 is 11.7 Å². The van der Waals surface area contributed by atoms with Crippen molar-refractivity contribution in [3.05, 3.63) is 42.0 Å². The number of hydrogen-bond donors (Lipinski definition) is 1. The van der Waals surface area contributed by atoms with Gasteiger partial charge in [-0.05, 0) is 56.7 Å². The van der Waals surface area contributed by atoms with Crippen molar-refractivity contribution in [2.24, 2.45) is 0 Å². The van der Waals surface area contributed by atoms with Gasteiger partial charge in [0.1, 0.15) is 0 Å². The minimum atomic E-state index is -0.0278. The molecule has 0 radical (unpaired) electrons. The summed E-state index contributed by atoms with van der Waals surface area (Å²) in [5.41, 5.74) is 3.14. The summed E-state index contributed by atoms with van der Waals surface area (Å²) in [5, 5.41) is 7.44. The summed E-state index contributed by atoms with van der Waals surface area (Å²) < 4.78 is 1.98. The standard InChI is InChI=1S/C19H27N5O/c1-4-14(2)24-15(3)18(13-21-24)22-19(25)23-11-7-17(8-12-23)16-5-9-20-10-6-16/h5-6,9-10,13-14,17H,4,7-8,11-12H2,1-3H3,(H,22,25). The van der Waals surface area contributed by atoms with Gasteiger partial charge in [-0.25, -0.2) is 4.79 Å². The van der Waals surface area contributed by atoms with Gasteiger partial charge in [-0.3, -0.25) is 9.67 Å². The number of amides is 2. The highest BCUT2D eigenvalue weighted by Gasteiger charge is 2.24. The van der Waals surface area contributed by atoms with Gasteiger partial charge in [-0.1, -0.05) is 6.92 Å². The minimum absolute atomic E-state index is 0.0278. The van der Waals surface area contributed by atoms with Gasteiger partial charge in [-0.2, -0.15) is 5.10 Å². The molecule has 0 aromatic carbocycles. The Morgan fingerprint density at radius 1 is 1.32 bits per heavy atom. The quantitative estimate of drug-likeness (QED) is 0.915. The SMILES string of the molecule is CCC(C)n1ncc(NC(=O)N2CCC(c3ccncc3)CC2)c1C. The fraction of sp³-hybridized carbons (Fsp3) is 0.526. The molecule has 2 aromatic rings. The molecule has 134 valence electrons. The second kappa shape index (κ2) is 7.68. The molecule has 1 aliphatic heterocycles. The summed E-state index contributed by atoms with van der Waals surface area (Å²) in [7, 11) is 0. The Morgan fingerprint density at radius 2 is 2.00 bits per heavy atom. The zero-order chi connectivity index (χ0) is 17.8. The Bertz CT molecular complexity index is 704. The molecule has 0 bridgehead atoms. The lowest BCUT2D eigenvalue weighted by Gasteiger charge is -2.32. The van der Waals surface area contributed by atoms with Crippen molar-refractivity contribution in [3.8, 4) is 0 Å². The van der Waals surface area contributed by atoms with E-state index in [4.69, 9.17) is 0 Å². The number of piperidine rings is 1.